The lowest BCUT2D eigenvalue weighted by Gasteiger charge is -2.40. The molecule has 3 aromatic rings. The fourth-order valence-electron chi connectivity index (χ4n) is 3.92. The lowest BCUT2D eigenvalue weighted by atomic mass is 9.63. The molecule has 29 heavy (non-hydrogen) atoms. The van der Waals surface area contributed by atoms with Crippen LogP contribution in [0, 0.1) is 12.7 Å². The summed E-state index contributed by atoms with van der Waals surface area (Å²) in [4.78, 5) is 17.5. The Bertz CT molecular complexity index is 1030. The number of nitrogens with zero attached hydrogens (tertiary/aromatic N) is 1. The Labute approximate surface area is 169 Å². The number of pyridine rings is 1. The maximum atomic E-state index is 13.1. The van der Waals surface area contributed by atoms with E-state index in [1.165, 1.54) is 12.1 Å². The van der Waals surface area contributed by atoms with Crippen molar-refractivity contribution in [1.29, 1.82) is 0 Å². The standard InChI is InChI=1S/C24H23FN2O2/c1-16-13-18(15-28)22(26-14-16)17-3-5-19(6-4-17)24(11-2-12-24)23(29)27-21-9-7-20(25)8-10-21/h3-10,13-14,28H,2,11-12,15H2,1H3,(H,27,29). The second-order valence-corrected chi connectivity index (χ2v) is 7.65. The molecule has 5 heteroatoms. The summed E-state index contributed by atoms with van der Waals surface area (Å²) in [6.07, 6.45) is 4.34. The van der Waals surface area contributed by atoms with Crippen LogP contribution in [0.4, 0.5) is 10.1 Å². The molecule has 0 atom stereocenters. The van der Waals surface area contributed by atoms with Gasteiger partial charge in [-0.05, 0) is 55.2 Å². The van der Waals surface area contributed by atoms with Gasteiger partial charge in [0.15, 0.2) is 0 Å². The van der Waals surface area contributed by atoms with Gasteiger partial charge >= 0.3 is 0 Å². The molecule has 4 nitrogen and oxygen atoms in total. The molecular formula is C24H23FN2O2. The van der Waals surface area contributed by atoms with Crippen LogP contribution < -0.4 is 5.32 Å². The summed E-state index contributed by atoms with van der Waals surface area (Å²) in [5.74, 6) is -0.392. The summed E-state index contributed by atoms with van der Waals surface area (Å²) in [5.41, 5.74) is 4.44. The summed E-state index contributed by atoms with van der Waals surface area (Å²) < 4.78 is 13.1. The van der Waals surface area contributed by atoms with Gasteiger partial charge < -0.3 is 10.4 Å². The molecule has 0 aliphatic heterocycles. The molecule has 2 N–H and O–H groups in total. The quantitative estimate of drug-likeness (QED) is 0.661. The van der Waals surface area contributed by atoms with Crippen molar-refractivity contribution in [3.63, 3.8) is 0 Å². The molecule has 0 radical (unpaired) electrons. The van der Waals surface area contributed by atoms with Gasteiger partial charge in [0.2, 0.25) is 5.91 Å². The smallest absolute Gasteiger partial charge is 0.235 e. The summed E-state index contributed by atoms with van der Waals surface area (Å²) >= 11 is 0. The topological polar surface area (TPSA) is 62.2 Å². The summed E-state index contributed by atoms with van der Waals surface area (Å²) in [5, 5.41) is 12.6. The van der Waals surface area contributed by atoms with E-state index in [2.05, 4.69) is 10.3 Å². The van der Waals surface area contributed by atoms with Gasteiger partial charge in [0.05, 0.1) is 17.7 Å². The van der Waals surface area contributed by atoms with Gasteiger partial charge in [0.25, 0.3) is 0 Å². The zero-order valence-corrected chi connectivity index (χ0v) is 16.3. The van der Waals surface area contributed by atoms with Gasteiger partial charge in [-0.3, -0.25) is 9.78 Å². The molecule has 148 valence electrons. The number of aryl methyl sites for hydroxylation is 1. The van der Waals surface area contributed by atoms with E-state index in [0.29, 0.717) is 5.69 Å². The number of benzene rings is 2. The molecule has 0 spiro atoms. The van der Waals surface area contributed by atoms with Crippen molar-refractivity contribution in [2.75, 3.05) is 5.32 Å². The van der Waals surface area contributed by atoms with Gasteiger partial charge in [-0.2, -0.15) is 0 Å². The monoisotopic (exact) mass is 390 g/mol. The van der Waals surface area contributed by atoms with Crippen molar-refractivity contribution in [1.82, 2.24) is 4.98 Å². The number of carbonyl (C=O) groups excluding carboxylic acids is 1. The summed E-state index contributed by atoms with van der Waals surface area (Å²) in [6.45, 7) is 1.87. The van der Waals surface area contributed by atoms with Crippen LogP contribution in [-0.4, -0.2) is 16.0 Å². The zero-order chi connectivity index (χ0) is 20.4. The minimum Gasteiger partial charge on any atom is -0.392 e. The van der Waals surface area contributed by atoms with Gasteiger partial charge in [-0.15, -0.1) is 0 Å². The highest BCUT2D eigenvalue weighted by molar-refractivity contribution is 6.00. The molecule has 1 aromatic heterocycles. The average molecular weight is 390 g/mol. The Morgan fingerprint density at radius 3 is 2.41 bits per heavy atom. The van der Waals surface area contributed by atoms with E-state index in [-0.39, 0.29) is 18.3 Å². The van der Waals surface area contributed by atoms with Crippen LogP contribution in [0.5, 0.6) is 0 Å². The molecule has 0 saturated heterocycles. The van der Waals surface area contributed by atoms with Gasteiger partial charge in [0.1, 0.15) is 5.82 Å². The first-order chi connectivity index (χ1) is 14.0. The number of rotatable bonds is 5. The molecule has 1 aliphatic rings. The van der Waals surface area contributed by atoms with E-state index in [0.717, 1.165) is 47.2 Å². The Morgan fingerprint density at radius 2 is 1.83 bits per heavy atom. The molecule has 1 amide bonds. The van der Waals surface area contributed by atoms with E-state index in [4.69, 9.17) is 0 Å². The fraction of sp³-hybridized carbons (Fsp3) is 0.250. The van der Waals surface area contributed by atoms with Crippen LogP contribution in [0.2, 0.25) is 0 Å². The van der Waals surface area contributed by atoms with Crippen LogP contribution in [0.15, 0.2) is 60.8 Å². The summed E-state index contributed by atoms with van der Waals surface area (Å²) in [6, 6.07) is 15.6. The minimum absolute atomic E-state index is 0.0624. The second-order valence-electron chi connectivity index (χ2n) is 7.65. The number of amides is 1. The molecule has 1 saturated carbocycles. The maximum Gasteiger partial charge on any atom is 0.235 e. The van der Waals surface area contributed by atoms with Crippen molar-refractivity contribution in [2.24, 2.45) is 0 Å². The number of aliphatic hydroxyl groups excluding tert-OH is 1. The minimum atomic E-state index is -0.562. The predicted molar refractivity (Wildman–Crippen MR) is 111 cm³/mol. The van der Waals surface area contributed by atoms with Crippen molar-refractivity contribution in [3.8, 4) is 11.3 Å². The molecule has 1 fully saturated rings. The Balaban J connectivity index is 1.60. The normalized spacial score (nSPS) is 14.9. The number of aliphatic hydroxyl groups is 1. The van der Waals surface area contributed by atoms with E-state index in [1.807, 2.05) is 37.3 Å². The summed E-state index contributed by atoms with van der Waals surface area (Å²) in [7, 11) is 0. The Morgan fingerprint density at radius 1 is 1.14 bits per heavy atom. The molecular weight excluding hydrogens is 367 g/mol. The van der Waals surface area contributed by atoms with Crippen LogP contribution in [0.3, 0.4) is 0 Å². The molecule has 1 heterocycles. The SMILES string of the molecule is Cc1cnc(-c2ccc(C3(C(=O)Nc4ccc(F)cc4)CCC3)cc2)c(CO)c1. The third-order valence-electron chi connectivity index (χ3n) is 5.73. The molecule has 4 rings (SSSR count). The number of aromatic nitrogens is 1. The fourth-order valence-corrected chi connectivity index (χ4v) is 3.92. The second kappa shape index (κ2) is 7.76. The number of anilines is 1. The number of halogens is 1. The van der Waals surface area contributed by atoms with E-state index in [9.17, 15) is 14.3 Å². The highest BCUT2D eigenvalue weighted by Crippen LogP contribution is 2.45. The van der Waals surface area contributed by atoms with E-state index >= 15 is 0 Å². The first-order valence-electron chi connectivity index (χ1n) is 9.76. The van der Waals surface area contributed by atoms with E-state index < -0.39 is 5.41 Å². The van der Waals surface area contributed by atoms with Crippen molar-refractivity contribution < 1.29 is 14.3 Å². The third-order valence-corrected chi connectivity index (χ3v) is 5.73. The highest BCUT2D eigenvalue weighted by atomic mass is 19.1. The molecule has 0 bridgehead atoms. The molecule has 1 aliphatic carbocycles. The highest BCUT2D eigenvalue weighted by Gasteiger charge is 2.45. The predicted octanol–water partition coefficient (Wildman–Crippen LogP) is 4.75. The number of hydrogen-bond acceptors (Lipinski definition) is 3. The number of carbonyl (C=O) groups is 1. The van der Waals surface area contributed by atoms with Crippen molar-refractivity contribution in [2.45, 2.75) is 38.2 Å². The average Bonchev–Trinajstić information content (AvgIpc) is 2.69. The van der Waals surface area contributed by atoms with Gasteiger partial charge in [-0.1, -0.05) is 36.8 Å². The van der Waals surface area contributed by atoms with Gasteiger partial charge in [0, 0.05) is 23.0 Å². The Kier molecular flexibility index (Phi) is 5.16. The molecule has 0 unspecified atom stereocenters. The Hall–Kier alpha value is -3.05. The first-order valence-corrected chi connectivity index (χ1v) is 9.76. The third kappa shape index (κ3) is 3.66. The number of nitrogens with one attached hydrogen (secondary N) is 1. The van der Waals surface area contributed by atoms with Crippen molar-refractivity contribution >= 4 is 11.6 Å². The van der Waals surface area contributed by atoms with Gasteiger partial charge in [-0.25, -0.2) is 4.39 Å². The zero-order valence-electron chi connectivity index (χ0n) is 16.3. The lowest BCUT2D eigenvalue weighted by molar-refractivity contribution is -0.124. The van der Waals surface area contributed by atoms with Crippen molar-refractivity contribution in [3.05, 3.63) is 83.3 Å². The largest absolute Gasteiger partial charge is 0.392 e. The van der Waals surface area contributed by atoms with Crippen LogP contribution >= 0.6 is 0 Å². The van der Waals surface area contributed by atoms with Crippen LogP contribution in [0.25, 0.3) is 11.3 Å². The van der Waals surface area contributed by atoms with Crippen LogP contribution in [0.1, 0.15) is 36.0 Å². The first kappa shape index (κ1) is 19.3. The van der Waals surface area contributed by atoms with Crippen LogP contribution in [-0.2, 0) is 16.8 Å². The van der Waals surface area contributed by atoms with E-state index in [1.54, 1.807) is 18.3 Å². The maximum absolute atomic E-state index is 13.1. The lowest BCUT2D eigenvalue weighted by Crippen LogP contribution is -2.46. The molecule has 2 aromatic carbocycles. The number of hydrogen-bond donors (Lipinski definition) is 2.